The molecule has 0 amide bonds. The molecule has 2 aromatic carbocycles. The summed E-state index contributed by atoms with van der Waals surface area (Å²) >= 11 is 0. The number of nitrogens with zero attached hydrogens (tertiary/aromatic N) is 2. The Morgan fingerprint density at radius 1 is 1.00 bits per heavy atom. The molecule has 0 aliphatic heterocycles. The van der Waals surface area contributed by atoms with Crippen molar-refractivity contribution in [1.29, 1.82) is 0 Å². The summed E-state index contributed by atoms with van der Waals surface area (Å²) in [7, 11) is 4.91. The maximum absolute atomic E-state index is 15.9. The second kappa shape index (κ2) is 12.7. The van der Waals surface area contributed by atoms with Crippen LogP contribution in [0, 0.1) is 5.82 Å². The largest absolute Gasteiger partial charge is 0.497 e. The molecule has 1 aromatic heterocycles. The molecule has 0 N–H and O–H groups in total. The highest BCUT2D eigenvalue weighted by molar-refractivity contribution is 6.11. The van der Waals surface area contributed by atoms with Crippen LogP contribution in [0.1, 0.15) is 73.5 Å². The van der Waals surface area contributed by atoms with Gasteiger partial charge in [0.1, 0.15) is 34.3 Å². The zero-order chi connectivity index (χ0) is 28.7. The van der Waals surface area contributed by atoms with E-state index < -0.39 is 29.1 Å². The third-order valence-electron chi connectivity index (χ3n) is 6.33. The van der Waals surface area contributed by atoms with Crippen molar-refractivity contribution in [2.24, 2.45) is 0 Å². The monoisotopic (exact) mass is 536 g/mol. The zero-order valence-corrected chi connectivity index (χ0v) is 23.7. The molecule has 0 radical (unpaired) electrons. The number of methoxy groups -OCH3 is 2. The second-order valence-electron chi connectivity index (χ2n) is 10.4. The number of hydrogen-bond acceptors (Lipinski definition) is 7. The average Bonchev–Trinajstić information content (AvgIpc) is 2.90. The lowest BCUT2D eigenvalue weighted by molar-refractivity contribution is -0.155. The molecule has 0 saturated carbocycles. The lowest BCUT2D eigenvalue weighted by atomic mass is 9.89. The van der Waals surface area contributed by atoms with E-state index in [1.807, 2.05) is 43.1 Å². The second-order valence-corrected chi connectivity index (χ2v) is 10.4. The minimum atomic E-state index is -0.699. The molecule has 1 heterocycles. The van der Waals surface area contributed by atoms with E-state index in [4.69, 9.17) is 14.2 Å². The van der Waals surface area contributed by atoms with Gasteiger partial charge in [0.15, 0.2) is 0 Å². The smallest absolute Gasteiger partial charge is 0.306 e. The predicted molar refractivity (Wildman–Crippen MR) is 149 cm³/mol. The van der Waals surface area contributed by atoms with E-state index in [1.54, 1.807) is 52.1 Å². The highest BCUT2D eigenvalue weighted by Gasteiger charge is 2.28. The summed E-state index contributed by atoms with van der Waals surface area (Å²) in [6.07, 6.45) is 1.93. The van der Waals surface area contributed by atoms with Crippen LogP contribution in [0.4, 0.5) is 10.2 Å². The first kappa shape index (κ1) is 29.6. The standard InChI is InChI=1S/C31H37FN2O5/c1-8-21(17-27(35)39-31(2,3)4)24-14-15-25(38-7)28(29(24)32)30(36)22-11-16-26(33-18-22)34(5)19-20-9-12-23(37-6)13-10-20/h9-16,18,21H,8,17,19H2,1-7H3/t21-/m0/s1. The lowest BCUT2D eigenvalue weighted by Crippen LogP contribution is -2.25. The maximum Gasteiger partial charge on any atom is 0.306 e. The molecular formula is C31H37FN2O5. The Morgan fingerprint density at radius 2 is 1.69 bits per heavy atom. The van der Waals surface area contributed by atoms with Crippen molar-refractivity contribution in [2.75, 3.05) is 26.2 Å². The van der Waals surface area contributed by atoms with Gasteiger partial charge < -0.3 is 19.1 Å². The van der Waals surface area contributed by atoms with Gasteiger partial charge in [0.2, 0.25) is 5.78 Å². The SMILES string of the molecule is CC[C@@H](CC(=O)OC(C)(C)C)c1ccc(OC)c(C(=O)c2ccc(N(C)Cc3ccc(OC)cc3)nc2)c1F. The summed E-state index contributed by atoms with van der Waals surface area (Å²) < 4.78 is 31.9. The van der Waals surface area contributed by atoms with Gasteiger partial charge in [-0.2, -0.15) is 0 Å². The van der Waals surface area contributed by atoms with Crippen LogP contribution < -0.4 is 14.4 Å². The molecule has 0 unspecified atom stereocenters. The van der Waals surface area contributed by atoms with E-state index in [1.165, 1.54) is 13.3 Å². The molecule has 3 rings (SSSR count). The van der Waals surface area contributed by atoms with Crippen molar-refractivity contribution in [2.45, 2.75) is 58.6 Å². The molecule has 7 nitrogen and oxygen atoms in total. The van der Waals surface area contributed by atoms with Crippen molar-refractivity contribution in [3.05, 3.63) is 82.8 Å². The fourth-order valence-corrected chi connectivity index (χ4v) is 4.31. The summed E-state index contributed by atoms with van der Waals surface area (Å²) in [5, 5.41) is 0. The predicted octanol–water partition coefficient (Wildman–Crippen LogP) is 6.33. The third kappa shape index (κ3) is 7.56. The number of halogens is 1. The minimum absolute atomic E-state index is 0.00142. The molecule has 1 atom stereocenters. The van der Waals surface area contributed by atoms with Crippen LogP contribution in [0.15, 0.2) is 54.7 Å². The van der Waals surface area contributed by atoms with E-state index in [-0.39, 0.29) is 28.9 Å². The Bertz CT molecular complexity index is 1280. The first-order chi connectivity index (χ1) is 18.5. The van der Waals surface area contributed by atoms with Gasteiger partial charge in [-0.3, -0.25) is 9.59 Å². The van der Waals surface area contributed by atoms with Crippen LogP contribution in [0.5, 0.6) is 11.5 Å². The first-order valence-corrected chi connectivity index (χ1v) is 12.9. The summed E-state index contributed by atoms with van der Waals surface area (Å²) in [6, 6.07) is 14.2. The van der Waals surface area contributed by atoms with Gasteiger partial charge in [-0.15, -0.1) is 0 Å². The molecule has 0 aliphatic rings. The summed E-state index contributed by atoms with van der Waals surface area (Å²) in [5.41, 5.74) is 0.749. The molecule has 0 fully saturated rings. The number of ketones is 1. The maximum atomic E-state index is 15.9. The Labute approximate surface area is 229 Å². The summed E-state index contributed by atoms with van der Waals surface area (Å²) in [6.45, 7) is 7.82. The number of rotatable bonds is 11. The van der Waals surface area contributed by atoms with Crippen LogP contribution in [-0.4, -0.2) is 43.6 Å². The number of pyridine rings is 1. The highest BCUT2D eigenvalue weighted by atomic mass is 19.1. The fraction of sp³-hybridized carbons (Fsp3) is 0.387. The summed E-state index contributed by atoms with van der Waals surface area (Å²) in [4.78, 5) is 32.3. The quantitative estimate of drug-likeness (QED) is 0.209. The van der Waals surface area contributed by atoms with Gasteiger partial charge in [-0.25, -0.2) is 9.37 Å². The van der Waals surface area contributed by atoms with Crippen molar-refractivity contribution in [3.8, 4) is 11.5 Å². The van der Waals surface area contributed by atoms with Crippen molar-refractivity contribution < 1.29 is 28.2 Å². The molecule has 3 aromatic rings. The van der Waals surface area contributed by atoms with Gasteiger partial charge in [-0.1, -0.05) is 25.1 Å². The number of benzene rings is 2. The number of carbonyl (C=O) groups is 2. The van der Waals surface area contributed by atoms with Crippen molar-refractivity contribution in [3.63, 3.8) is 0 Å². The lowest BCUT2D eigenvalue weighted by Gasteiger charge is -2.23. The molecule has 0 saturated heterocycles. The van der Waals surface area contributed by atoms with E-state index in [9.17, 15) is 9.59 Å². The minimum Gasteiger partial charge on any atom is -0.497 e. The van der Waals surface area contributed by atoms with Crippen LogP contribution in [0.3, 0.4) is 0 Å². The Balaban J connectivity index is 1.84. The van der Waals surface area contributed by atoms with Gasteiger partial charge in [0.05, 0.1) is 20.6 Å². The zero-order valence-electron chi connectivity index (χ0n) is 23.7. The topological polar surface area (TPSA) is 78.0 Å². The molecule has 0 bridgehead atoms. The van der Waals surface area contributed by atoms with E-state index >= 15 is 4.39 Å². The van der Waals surface area contributed by atoms with Crippen molar-refractivity contribution >= 4 is 17.6 Å². The van der Waals surface area contributed by atoms with E-state index in [0.717, 1.165) is 11.3 Å². The summed E-state index contributed by atoms with van der Waals surface area (Å²) in [5.74, 6) is -0.559. The van der Waals surface area contributed by atoms with Crippen molar-refractivity contribution in [1.82, 2.24) is 4.98 Å². The number of anilines is 1. The molecule has 0 spiro atoms. The number of ether oxygens (including phenoxy) is 3. The van der Waals surface area contributed by atoms with Crippen LogP contribution >= 0.6 is 0 Å². The van der Waals surface area contributed by atoms with Gasteiger partial charge in [0, 0.05) is 25.4 Å². The Hall–Kier alpha value is -3.94. The highest BCUT2D eigenvalue weighted by Crippen LogP contribution is 2.34. The fourth-order valence-electron chi connectivity index (χ4n) is 4.31. The van der Waals surface area contributed by atoms with E-state index in [0.29, 0.717) is 18.8 Å². The first-order valence-electron chi connectivity index (χ1n) is 12.9. The van der Waals surface area contributed by atoms with Crippen LogP contribution in [0.2, 0.25) is 0 Å². The number of esters is 1. The van der Waals surface area contributed by atoms with Crippen LogP contribution in [0.25, 0.3) is 0 Å². The van der Waals surface area contributed by atoms with Gasteiger partial charge in [-0.05, 0) is 74.6 Å². The molecule has 208 valence electrons. The van der Waals surface area contributed by atoms with Crippen LogP contribution in [-0.2, 0) is 16.1 Å². The number of carbonyl (C=O) groups excluding carboxylic acids is 2. The Kier molecular flexibility index (Phi) is 9.67. The number of hydrogen-bond donors (Lipinski definition) is 0. The van der Waals surface area contributed by atoms with Gasteiger partial charge >= 0.3 is 5.97 Å². The Morgan fingerprint density at radius 3 is 2.23 bits per heavy atom. The molecule has 39 heavy (non-hydrogen) atoms. The van der Waals surface area contributed by atoms with Gasteiger partial charge in [0.25, 0.3) is 0 Å². The van der Waals surface area contributed by atoms with E-state index in [2.05, 4.69) is 4.98 Å². The normalized spacial score (nSPS) is 12.0. The number of aromatic nitrogens is 1. The molecule has 0 aliphatic carbocycles. The molecular weight excluding hydrogens is 499 g/mol. The third-order valence-corrected chi connectivity index (χ3v) is 6.33. The molecule has 8 heteroatoms. The average molecular weight is 537 g/mol.